The SMILES string of the molecule is CCCN1C[C@H](C)[C@@H](O)[C@](C)(O)[C@@H](CC)OC(=O)[C@H](C)[C@H](O[C@@H]2C[C@](C)(OC)[C@@](O)(CNC(C)C)[C@H](C)O2)[C@H](C)[C@@H](O[C@@H]2O[C@H](C)C[C@H](N(C)C)[C@H]2O)C(C)(C)C[C@H]1C. The van der Waals surface area contributed by atoms with Crippen molar-refractivity contribution in [2.75, 3.05) is 40.8 Å². The van der Waals surface area contributed by atoms with E-state index in [9.17, 15) is 25.2 Å². The van der Waals surface area contributed by atoms with Gasteiger partial charge in [0.05, 0.1) is 36.4 Å². The molecule has 14 heteroatoms. The summed E-state index contributed by atoms with van der Waals surface area (Å²) in [6.45, 7) is 28.8. The van der Waals surface area contributed by atoms with Gasteiger partial charge in [0.2, 0.25) is 0 Å². The number of nitrogens with zero attached hydrogens (tertiary/aromatic N) is 2. The van der Waals surface area contributed by atoms with Gasteiger partial charge in [-0.2, -0.15) is 0 Å². The van der Waals surface area contributed by atoms with Crippen molar-refractivity contribution in [1.29, 1.82) is 0 Å². The first-order valence-corrected chi connectivity index (χ1v) is 22.5. The topological polar surface area (TPSA) is 172 Å². The lowest BCUT2D eigenvalue weighted by atomic mass is 9.72. The number of ether oxygens (including phenoxy) is 6. The van der Waals surface area contributed by atoms with Crippen molar-refractivity contribution in [2.45, 2.75) is 219 Å². The Balaban J connectivity index is 2.23. The Bertz CT molecular complexity index is 1310. The van der Waals surface area contributed by atoms with Crippen LogP contribution < -0.4 is 5.32 Å². The number of rotatable bonds is 12. The molecular formula is C45H87N3O11. The summed E-state index contributed by atoms with van der Waals surface area (Å²) in [5.41, 5.74) is -4.86. The highest BCUT2D eigenvalue weighted by Crippen LogP contribution is 2.45. The van der Waals surface area contributed by atoms with Crippen molar-refractivity contribution in [2.24, 2.45) is 23.2 Å². The predicted molar refractivity (Wildman–Crippen MR) is 229 cm³/mol. The number of aliphatic hydroxyl groups excluding tert-OH is 2. The summed E-state index contributed by atoms with van der Waals surface area (Å²) in [6.07, 6.45) is -4.90. The lowest BCUT2D eigenvalue weighted by Gasteiger charge is -2.54. The lowest BCUT2D eigenvalue weighted by molar-refractivity contribution is -0.334. The standard InChI is InChI=1S/C45H87N3O11/c1-18-20-48-24-27(5)38(50)44(14,52)34(19-2)57-40(51)31(9)37(58-35-23-43(13,54-17)45(53,32(10)56-35)25-46-26(3)4)30(8)39(42(11,12)22-28(48)6)59-41-36(49)33(47(15)16)21-29(7)55-41/h26-39,41,46,49-50,52-53H,18-25H2,1-17H3/t27-,28+,29+,30-,31+,32-,33-,34+,35+,36+,37+,38+,39+,41-,43-,44+,45+/m0/s1. The molecule has 3 fully saturated rings. The normalized spacial score (nSPS) is 44.9. The minimum absolute atomic E-state index is 0.0114. The number of likely N-dealkylation sites (N-methyl/N-ethyl adjacent to an activating group) is 1. The zero-order valence-corrected chi connectivity index (χ0v) is 39.9. The minimum atomic E-state index is -1.75. The molecule has 0 bridgehead atoms. The Morgan fingerprint density at radius 1 is 0.966 bits per heavy atom. The van der Waals surface area contributed by atoms with Crippen LogP contribution in [-0.4, -0.2) is 167 Å². The number of cyclic esters (lactones) is 1. The highest BCUT2D eigenvalue weighted by atomic mass is 16.7. The highest BCUT2D eigenvalue weighted by Gasteiger charge is 2.58. The Hall–Kier alpha value is -1.01. The number of carbonyl (C=O) groups is 1. The van der Waals surface area contributed by atoms with Crippen LogP contribution in [-0.2, 0) is 33.2 Å². The third-order valence-corrected chi connectivity index (χ3v) is 14.1. The summed E-state index contributed by atoms with van der Waals surface area (Å²) in [5, 5.41) is 51.0. The van der Waals surface area contributed by atoms with Crippen molar-refractivity contribution in [3.63, 3.8) is 0 Å². The van der Waals surface area contributed by atoms with Gasteiger partial charge in [-0.1, -0.05) is 55.4 Å². The molecule has 0 aromatic carbocycles. The molecule has 0 aliphatic carbocycles. The molecule has 0 unspecified atom stereocenters. The van der Waals surface area contributed by atoms with Crippen LogP contribution in [0.15, 0.2) is 0 Å². The molecular weight excluding hydrogens is 759 g/mol. The first-order chi connectivity index (χ1) is 27.2. The Morgan fingerprint density at radius 2 is 1.59 bits per heavy atom. The van der Waals surface area contributed by atoms with E-state index in [0.717, 1.165) is 13.0 Å². The smallest absolute Gasteiger partial charge is 0.311 e. The maximum Gasteiger partial charge on any atom is 0.311 e. The second kappa shape index (κ2) is 21.1. The van der Waals surface area contributed by atoms with Crippen LogP contribution >= 0.6 is 0 Å². The summed E-state index contributed by atoms with van der Waals surface area (Å²) < 4.78 is 39.3. The number of nitrogens with one attached hydrogen (secondary N) is 1. The van der Waals surface area contributed by atoms with Crippen LogP contribution in [0.5, 0.6) is 0 Å². The van der Waals surface area contributed by atoms with Crippen LogP contribution in [0.4, 0.5) is 0 Å². The third-order valence-electron chi connectivity index (χ3n) is 14.1. The summed E-state index contributed by atoms with van der Waals surface area (Å²) >= 11 is 0. The van der Waals surface area contributed by atoms with Gasteiger partial charge < -0.3 is 64.0 Å². The highest BCUT2D eigenvalue weighted by molar-refractivity contribution is 5.73. The van der Waals surface area contributed by atoms with Gasteiger partial charge in [-0.3, -0.25) is 4.79 Å². The molecule has 3 aliphatic heterocycles. The van der Waals surface area contributed by atoms with E-state index in [1.807, 2.05) is 67.5 Å². The third kappa shape index (κ3) is 12.0. The van der Waals surface area contributed by atoms with Gasteiger partial charge in [0.25, 0.3) is 0 Å². The maximum atomic E-state index is 14.5. The largest absolute Gasteiger partial charge is 0.459 e. The Labute approximate surface area is 357 Å². The zero-order chi connectivity index (χ0) is 45.0. The number of esters is 1. The number of carbonyl (C=O) groups excluding carboxylic acids is 1. The Morgan fingerprint density at radius 3 is 2.14 bits per heavy atom. The summed E-state index contributed by atoms with van der Waals surface area (Å²) in [5.74, 6) is -2.42. The second-order valence-electron chi connectivity index (χ2n) is 20.2. The molecule has 17 atom stereocenters. The van der Waals surface area contributed by atoms with E-state index in [2.05, 4.69) is 37.9 Å². The van der Waals surface area contributed by atoms with E-state index >= 15 is 0 Å². The van der Waals surface area contributed by atoms with Crippen molar-refractivity contribution in [1.82, 2.24) is 15.1 Å². The quantitative estimate of drug-likeness (QED) is 0.176. The van der Waals surface area contributed by atoms with Gasteiger partial charge in [0.1, 0.15) is 29.0 Å². The molecule has 3 aliphatic rings. The molecule has 5 N–H and O–H groups in total. The van der Waals surface area contributed by atoms with Crippen molar-refractivity contribution in [3.05, 3.63) is 0 Å². The molecule has 0 aromatic rings. The molecule has 0 aromatic heterocycles. The van der Waals surface area contributed by atoms with Crippen molar-refractivity contribution in [3.8, 4) is 0 Å². The van der Waals surface area contributed by atoms with Gasteiger partial charge in [-0.05, 0) is 99.2 Å². The van der Waals surface area contributed by atoms with Crippen LogP contribution in [0.25, 0.3) is 0 Å². The van der Waals surface area contributed by atoms with E-state index in [0.29, 0.717) is 19.4 Å². The molecule has 0 spiro atoms. The number of hydrogen-bond donors (Lipinski definition) is 5. The molecule has 14 nitrogen and oxygen atoms in total. The van der Waals surface area contributed by atoms with Crippen LogP contribution in [0, 0.1) is 23.2 Å². The minimum Gasteiger partial charge on any atom is -0.459 e. The van der Waals surface area contributed by atoms with Crippen molar-refractivity contribution >= 4 is 5.97 Å². The number of methoxy groups -OCH3 is 1. The molecule has 3 rings (SSSR count). The second-order valence-corrected chi connectivity index (χ2v) is 20.2. The van der Waals surface area contributed by atoms with Gasteiger partial charge in [0.15, 0.2) is 12.6 Å². The first-order valence-electron chi connectivity index (χ1n) is 22.5. The van der Waals surface area contributed by atoms with E-state index in [1.165, 1.54) is 0 Å². The number of aliphatic hydroxyl groups is 4. The molecule has 3 heterocycles. The first kappa shape index (κ1) is 52.3. The molecule has 0 amide bonds. The summed E-state index contributed by atoms with van der Waals surface area (Å²) in [6, 6.07) is -0.0825. The molecule has 348 valence electrons. The molecule has 0 saturated carbocycles. The van der Waals surface area contributed by atoms with Crippen LogP contribution in [0.1, 0.15) is 129 Å². The van der Waals surface area contributed by atoms with E-state index in [-0.39, 0.29) is 49.5 Å². The average Bonchev–Trinajstić information content (AvgIpc) is 3.15. The predicted octanol–water partition coefficient (Wildman–Crippen LogP) is 4.32. The summed E-state index contributed by atoms with van der Waals surface area (Å²) in [7, 11) is 5.46. The van der Waals surface area contributed by atoms with E-state index in [1.54, 1.807) is 27.9 Å². The monoisotopic (exact) mass is 846 g/mol. The van der Waals surface area contributed by atoms with E-state index in [4.69, 9.17) is 28.4 Å². The fourth-order valence-electron chi connectivity index (χ4n) is 10.2. The lowest BCUT2D eigenvalue weighted by Crippen LogP contribution is -2.70. The van der Waals surface area contributed by atoms with Crippen molar-refractivity contribution < 1.29 is 53.6 Å². The van der Waals surface area contributed by atoms with Crippen LogP contribution in [0.3, 0.4) is 0 Å². The fourth-order valence-corrected chi connectivity index (χ4v) is 10.2. The average molecular weight is 846 g/mol. The van der Waals surface area contributed by atoms with E-state index < -0.39 is 89.2 Å². The Kier molecular flexibility index (Phi) is 18.7. The number of hydrogen-bond acceptors (Lipinski definition) is 14. The van der Waals surface area contributed by atoms with Gasteiger partial charge in [0, 0.05) is 50.7 Å². The van der Waals surface area contributed by atoms with Gasteiger partial charge >= 0.3 is 5.97 Å². The van der Waals surface area contributed by atoms with Crippen LogP contribution in [0.2, 0.25) is 0 Å². The molecule has 0 radical (unpaired) electrons. The molecule has 3 saturated heterocycles. The fraction of sp³-hybridized carbons (Fsp3) is 0.978. The van der Waals surface area contributed by atoms with Gasteiger partial charge in [-0.25, -0.2) is 0 Å². The zero-order valence-electron chi connectivity index (χ0n) is 39.9. The van der Waals surface area contributed by atoms with Gasteiger partial charge in [-0.15, -0.1) is 0 Å². The summed E-state index contributed by atoms with van der Waals surface area (Å²) in [4.78, 5) is 18.9. The maximum absolute atomic E-state index is 14.5. The molecule has 59 heavy (non-hydrogen) atoms.